The lowest BCUT2D eigenvalue weighted by molar-refractivity contribution is -0.256. The largest absolute Gasteiger partial charge is 0.496 e. The van der Waals surface area contributed by atoms with E-state index < -0.39 is 23.8 Å². The number of nitrogens with zero attached hydrogens (tertiary/aromatic N) is 2. The Kier molecular flexibility index (Phi) is 16.2. The van der Waals surface area contributed by atoms with Crippen LogP contribution in [0.25, 0.3) is 0 Å². The van der Waals surface area contributed by atoms with Gasteiger partial charge in [-0.3, -0.25) is 9.69 Å². The van der Waals surface area contributed by atoms with Crippen LogP contribution in [0.3, 0.4) is 0 Å². The highest BCUT2D eigenvalue weighted by Crippen LogP contribution is 2.62. The molecule has 2 N–H and O–H groups in total. The van der Waals surface area contributed by atoms with Crippen molar-refractivity contribution in [2.45, 2.75) is 75.8 Å². The summed E-state index contributed by atoms with van der Waals surface area (Å²) in [5.74, 6) is 0.620. The number of benzene rings is 4. The molecule has 360 valence electrons. The summed E-state index contributed by atoms with van der Waals surface area (Å²) in [6.07, 6.45) is 8.45. The highest BCUT2D eigenvalue weighted by molar-refractivity contribution is 6.18. The van der Waals surface area contributed by atoms with Gasteiger partial charge in [-0.25, -0.2) is 4.79 Å². The Morgan fingerprint density at radius 2 is 1.69 bits per heavy atom. The average molecular weight is 952 g/mol. The zero-order valence-electron chi connectivity index (χ0n) is 38.3. The lowest BCUT2D eigenvalue weighted by Crippen LogP contribution is -2.70. The summed E-state index contributed by atoms with van der Waals surface area (Å²) >= 11 is 6.15. The molecule has 0 saturated heterocycles. The minimum absolute atomic E-state index is 0.00449. The van der Waals surface area contributed by atoms with Gasteiger partial charge in [0.1, 0.15) is 42.3 Å². The molecule has 4 aromatic carbocycles. The van der Waals surface area contributed by atoms with Gasteiger partial charge in [0, 0.05) is 37.7 Å². The molecule has 4 aliphatic rings. The molecule has 4 aromatic rings. The van der Waals surface area contributed by atoms with Crippen molar-refractivity contribution < 1.29 is 57.8 Å². The van der Waals surface area contributed by atoms with Crippen LogP contribution < -0.4 is 23.7 Å². The van der Waals surface area contributed by atoms with Crippen molar-refractivity contribution in [2.75, 3.05) is 46.2 Å². The zero-order valence-corrected chi connectivity index (χ0v) is 39.0. The van der Waals surface area contributed by atoms with E-state index in [4.69, 9.17) is 54.8 Å². The van der Waals surface area contributed by atoms with Crippen molar-refractivity contribution >= 4 is 29.7 Å². The van der Waals surface area contributed by atoms with E-state index in [0.29, 0.717) is 58.6 Å². The molecule has 68 heavy (non-hydrogen) atoms. The van der Waals surface area contributed by atoms with Crippen LogP contribution in [0, 0.1) is 17.8 Å². The summed E-state index contributed by atoms with van der Waals surface area (Å²) in [6.45, 7) is 4.54. The van der Waals surface area contributed by atoms with E-state index in [2.05, 4.69) is 12.7 Å². The average Bonchev–Trinajstić information content (AvgIpc) is 3.84. The number of rotatable bonds is 23. The maximum atomic E-state index is 14.8. The van der Waals surface area contributed by atoms with Crippen molar-refractivity contribution in [1.29, 1.82) is 0 Å². The van der Waals surface area contributed by atoms with Crippen LogP contribution in [0.15, 0.2) is 114 Å². The number of halogens is 1. The van der Waals surface area contributed by atoms with Gasteiger partial charge in [0.25, 0.3) is 0 Å². The van der Waals surface area contributed by atoms with Crippen LogP contribution in [0.5, 0.6) is 34.5 Å². The molecular formula is C53H59ClN2O12. The number of carbonyl (C=O) groups excluding carboxylic acids is 2. The van der Waals surface area contributed by atoms with E-state index in [1.807, 2.05) is 66.7 Å². The number of alkyl halides is 1. The fraction of sp³-hybridized carbons (Fsp3) is 0.415. The molecule has 1 fully saturated rings. The topological polar surface area (TPSA) is 164 Å². The van der Waals surface area contributed by atoms with Gasteiger partial charge in [-0.15, -0.1) is 18.2 Å². The molecule has 0 radical (unpaired) electrons. The van der Waals surface area contributed by atoms with Crippen LogP contribution in [-0.2, 0) is 27.5 Å². The first kappa shape index (κ1) is 48.4. The molecule has 15 heteroatoms. The molecule has 2 aliphatic carbocycles. The molecule has 14 nitrogen and oxygen atoms in total. The maximum absolute atomic E-state index is 14.8. The highest BCUT2D eigenvalue weighted by Gasteiger charge is 2.65. The predicted octanol–water partition coefficient (Wildman–Crippen LogP) is 9.74. The number of aldehydes is 1. The molecule has 0 bridgehead atoms. The summed E-state index contributed by atoms with van der Waals surface area (Å²) in [7, 11) is 1.51. The molecule has 0 spiro atoms. The van der Waals surface area contributed by atoms with E-state index in [1.54, 1.807) is 29.2 Å². The normalized spacial score (nSPS) is 22.5. The quantitative estimate of drug-likeness (QED) is 0.0238. The third-order valence-corrected chi connectivity index (χ3v) is 13.3. The van der Waals surface area contributed by atoms with E-state index in [-0.39, 0.29) is 76.4 Å². The van der Waals surface area contributed by atoms with Gasteiger partial charge < -0.3 is 48.2 Å². The van der Waals surface area contributed by atoms with Gasteiger partial charge in [-0.1, -0.05) is 66.5 Å². The minimum atomic E-state index is -1.56. The predicted molar refractivity (Wildman–Crippen MR) is 255 cm³/mol. The van der Waals surface area contributed by atoms with Gasteiger partial charge in [-0.2, -0.15) is 0 Å². The number of aliphatic hydroxyl groups is 2. The Morgan fingerprint density at radius 3 is 2.46 bits per heavy atom. The Labute approximate surface area is 402 Å². The molecule has 1 amide bonds. The van der Waals surface area contributed by atoms with E-state index >= 15 is 0 Å². The van der Waals surface area contributed by atoms with E-state index in [1.165, 1.54) is 7.11 Å². The SMILES string of the molecule is C=CCO[C@@]12Oc3ccc(Oc4ccc(OC)c(C=O)c4)cc3[C@H]3[C@H](CCCCO)[C@@H](CCCCO)C=C(C(=NOCc4ccccc4)C[C@@H]1N(Cc1ccc4c(c1)OCO4)C(=O)OCCCl)[C@H]32. The van der Waals surface area contributed by atoms with Crippen LogP contribution in [0.4, 0.5) is 4.79 Å². The minimum Gasteiger partial charge on any atom is -0.496 e. The molecule has 1 saturated carbocycles. The summed E-state index contributed by atoms with van der Waals surface area (Å²) in [5, 5.41) is 25.0. The number of oxime groups is 1. The van der Waals surface area contributed by atoms with Gasteiger partial charge in [0.05, 0.1) is 36.8 Å². The second kappa shape index (κ2) is 22.8. The number of methoxy groups -OCH3 is 1. The first-order valence-corrected chi connectivity index (χ1v) is 23.8. The maximum Gasteiger partial charge on any atom is 0.410 e. The van der Waals surface area contributed by atoms with Crippen molar-refractivity contribution in [1.82, 2.24) is 4.90 Å². The van der Waals surface area contributed by atoms with Crippen LogP contribution in [-0.4, -0.2) is 91.2 Å². The Morgan fingerprint density at radius 1 is 0.926 bits per heavy atom. The number of carbonyl (C=O) groups is 2. The second-order valence-corrected chi connectivity index (χ2v) is 17.7. The van der Waals surface area contributed by atoms with Crippen molar-refractivity contribution in [3.63, 3.8) is 0 Å². The molecule has 6 atom stereocenters. The van der Waals surface area contributed by atoms with Gasteiger partial charge in [-0.05, 0) is 103 Å². The van der Waals surface area contributed by atoms with E-state index in [9.17, 15) is 19.8 Å². The Balaban J connectivity index is 1.33. The number of hydrogen-bond acceptors (Lipinski definition) is 13. The molecule has 2 heterocycles. The first-order valence-electron chi connectivity index (χ1n) is 23.3. The molecule has 2 aliphatic heterocycles. The first-order chi connectivity index (χ1) is 33.3. The van der Waals surface area contributed by atoms with Crippen molar-refractivity contribution in [3.05, 3.63) is 131 Å². The van der Waals surface area contributed by atoms with Gasteiger partial charge >= 0.3 is 6.09 Å². The Bertz CT molecular complexity index is 2450. The number of unbranched alkanes of at least 4 members (excludes halogenated alkanes) is 2. The molecule has 0 unspecified atom stereocenters. The smallest absolute Gasteiger partial charge is 0.410 e. The second-order valence-electron chi connectivity index (χ2n) is 17.3. The summed E-state index contributed by atoms with van der Waals surface area (Å²) in [4.78, 5) is 34.7. The monoisotopic (exact) mass is 950 g/mol. The fourth-order valence-electron chi connectivity index (χ4n) is 10.2. The number of hydrogen-bond donors (Lipinski definition) is 2. The third kappa shape index (κ3) is 10.5. The number of ether oxygens (including phenoxy) is 7. The van der Waals surface area contributed by atoms with Crippen LogP contribution in [0.2, 0.25) is 0 Å². The third-order valence-electron chi connectivity index (χ3n) is 13.2. The fourth-order valence-corrected chi connectivity index (χ4v) is 10.3. The highest BCUT2D eigenvalue weighted by atomic mass is 35.5. The zero-order chi connectivity index (χ0) is 47.5. The number of amides is 1. The molecular weight excluding hydrogens is 892 g/mol. The number of aliphatic hydroxyl groups excluding tert-OH is 2. The van der Waals surface area contributed by atoms with Gasteiger partial charge in [0.2, 0.25) is 12.6 Å². The Hall–Kier alpha value is -6.06. The number of fused-ring (bicyclic) bond motifs is 3. The number of allylic oxidation sites excluding steroid dienone is 1. The van der Waals surface area contributed by atoms with Crippen molar-refractivity contribution in [2.24, 2.45) is 22.9 Å². The lowest BCUT2D eigenvalue weighted by atomic mass is 9.55. The van der Waals surface area contributed by atoms with Crippen LogP contribution in [0.1, 0.15) is 77.9 Å². The van der Waals surface area contributed by atoms with E-state index in [0.717, 1.165) is 54.2 Å². The van der Waals surface area contributed by atoms with Crippen molar-refractivity contribution in [3.8, 4) is 34.5 Å². The lowest BCUT2D eigenvalue weighted by Gasteiger charge is -2.59. The van der Waals surface area contributed by atoms with Crippen LogP contribution >= 0.6 is 11.6 Å². The summed E-state index contributed by atoms with van der Waals surface area (Å²) in [6, 6.07) is 25.2. The summed E-state index contributed by atoms with van der Waals surface area (Å²) in [5.41, 5.74) is 4.38. The molecule has 8 rings (SSSR count). The summed E-state index contributed by atoms with van der Waals surface area (Å²) < 4.78 is 43.7. The molecule has 0 aromatic heterocycles. The standard InChI is InChI=1S/C53H59ClN2O12/c1-3-24-65-53-49(56(52(60)62-25-21-54)31-36-15-18-47-48(26-36)64-34-63-47)30-44(55-66-33-35-11-5-4-6-12-35)42-28-37(13-7-9-22-57)41(14-8-10-23-58)50(51(42)53)43-29-40(17-20-46(43)68-53)67-39-16-19-45(61-2)38(27-39)32-59/h3-6,11-12,15-20,26-29,32,37,41,49-51,57-58H,1,7-10,13-14,21-25,30-31,33-34H2,2H3/t37-,41+,49-,50+,51+,53+/m0/s1. The van der Waals surface area contributed by atoms with Gasteiger partial charge in [0.15, 0.2) is 17.8 Å².